The van der Waals surface area contributed by atoms with Gasteiger partial charge in [-0.05, 0) is 18.3 Å². The first kappa shape index (κ1) is 12.9. The van der Waals surface area contributed by atoms with Gasteiger partial charge in [-0.1, -0.05) is 13.8 Å². The van der Waals surface area contributed by atoms with Gasteiger partial charge in [0.1, 0.15) is 11.6 Å². The van der Waals surface area contributed by atoms with Crippen molar-refractivity contribution in [2.45, 2.75) is 46.2 Å². The number of hydrogen-bond acceptors (Lipinski definition) is 3. The van der Waals surface area contributed by atoms with Crippen molar-refractivity contribution in [1.29, 1.82) is 0 Å². The van der Waals surface area contributed by atoms with Crippen molar-refractivity contribution in [2.75, 3.05) is 13.1 Å². The van der Waals surface area contributed by atoms with E-state index in [2.05, 4.69) is 28.3 Å². The quantitative estimate of drug-likeness (QED) is 0.818. The number of carbonyl (C=O) groups is 1. The topological polar surface area (TPSA) is 38.1 Å². The monoisotopic (exact) mass is 261 g/mol. The molecule has 0 bridgehead atoms. The van der Waals surface area contributed by atoms with Gasteiger partial charge in [0.25, 0.3) is 0 Å². The summed E-state index contributed by atoms with van der Waals surface area (Å²) in [6.07, 6.45) is 6.76. The minimum Gasteiger partial charge on any atom is -0.333 e. The molecule has 1 aliphatic carbocycles. The number of nitrogens with zero attached hydrogens (tertiary/aromatic N) is 3. The summed E-state index contributed by atoms with van der Waals surface area (Å²) in [5.41, 5.74) is 0.326. The molecule has 1 aromatic heterocycles. The van der Waals surface area contributed by atoms with Crippen molar-refractivity contribution < 1.29 is 4.79 Å². The number of Topliss-reactive ketones (excluding diaryl/α,β-unsaturated/α-hetero) is 1. The van der Waals surface area contributed by atoms with Gasteiger partial charge in [0.05, 0.1) is 6.54 Å². The molecule has 4 heteroatoms. The number of fused-ring (bicyclic) bond motifs is 1. The first-order chi connectivity index (χ1) is 9.03. The van der Waals surface area contributed by atoms with E-state index >= 15 is 0 Å². The predicted octanol–water partition coefficient (Wildman–Crippen LogP) is 2.09. The first-order valence-electron chi connectivity index (χ1n) is 7.29. The van der Waals surface area contributed by atoms with Gasteiger partial charge in [-0.3, -0.25) is 9.69 Å². The molecule has 2 heterocycles. The lowest BCUT2D eigenvalue weighted by Crippen LogP contribution is -2.42. The Kier molecular flexibility index (Phi) is 3.21. The molecule has 1 fully saturated rings. The summed E-state index contributed by atoms with van der Waals surface area (Å²) in [6.45, 7) is 8.41. The molecular formula is C15H23N3O. The SMILES string of the molecule is CC1(C)CCC(=O)C(CN2CCn3ccnc3C2)C1. The maximum Gasteiger partial charge on any atom is 0.137 e. The van der Waals surface area contributed by atoms with E-state index in [0.717, 1.165) is 51.3 Å². The molecule has 1 atom stereocenters. The molecule has 1 aliphatic heterocycles. The molecule has 0 radical (unpaired) electrons. The summed E-state index contributed by atoms with van der Waals surface area (Å²) in [6, 6.07) is 0. The molecule has 2 aliphatic rings. The molecule has 1 unspecified atom stereocenters. The van der Waals surface area contributed by atoms with Crippen LogP contribution in [0.3, 0.4) is 0 Å². The largest absolute Gasteiger partial charge is 0.333 e. The summed E-state index contributed by atoms with van der Waals surface area (Å²) in [5.74, 6) is 1.83. The van der Waals surface area contributed by atoms with Crippen molar-refractivity contribution >= 4 is 5.78 Å². The van der Waals surface area contributed by atoms with E-state index in [1.165, 1.54) is 0 Å². The molecular weight excluding hydrogens is 238 g/mol. The van der Waals surface area contributed by atoms with Gasteiger partial charge in [0, 0.05) is 44.4 Å². The summed E-state index contributed by atoms with van der Waals surface area (Å²) in [4.78, 5) is 18.9. The predicted molar refractivity (Wildman–Crippen MR) is 73.6 cm³/mol. The standard InChI is InChI=1S/C15H23N3O/c1-15(2)4-3-13(19)12(9-15)10-17-7-8-18-6-5-16-14(18)11-17/h5-6,12H,3-4,7-11H2,1-2H3. The number of ketones is 1. The first-order valence-corrected chi connectivity index (χ1v) is 7.29. The molecule has 19 heavy (non-hydrogen) atoms. The lowest BCUT2D eigenvalue weighted by molar-refractivity contribution is -0.128. The molecule has 0 saturated heterocycles. The normalized spacial score (nSPS) is 27.3. The average molecular weight is 261 g/mol. The summed E-state index contributed by atoms with van der Waals surface area (Å²) in [5, 5.41) is 0. The third kappa shape index (κ3) is 2.73. The van der Waals surface area contributed by atoms with Crippen molar-refractivity contribution in [3.05, 3.63) is 18.2 Å². The van der Waals surface area contributed by atoms with Crippen LogP contribution in [0.25, 0.3) is 0 Å². The van der Waals surface area contributed by atoms with Crippen LogP contribution in [-0.2, 0) is 17.9 Å². The van der Waals surface area contributed by atoms with E-state index in [1.807, 2.05) is 12.4 Å². The average Bonchev–Trinajstić information content (AvgIpc) is 2.81. The van der Waals surface area contributed by atoms with Gasteiger partial charge in [0.15, 0.2) is 0 Å². The third-order valence-electron chi connectivity index (χ3n) is 4.60. The van der Waals surface area contributed by atoms with Crippen LogP contribution in [0.1, 0.15) is 38.9 Å². The Morgan fingerprint density at radius 1 is 1.42 bits per heavy atom. The fraction of sp³-hybridized carbons (Fsp3) is 0.733. The molecule has 1 saturated carbocycles. The summed E-state index contributed by atoms with van der Waals surface area (Å²) < 4.78 is 2.21. The van der Waals surface area contributed by atoms with E-state index in [9.17, 15) is 4.79 Å². The molecule has 0 amide bonds. The van der Waals surface area contributed by atoms with Gasteiger partial charge in [0.2, 0.25) is 0 Å². The number of imidazole rings is 1. The zero-order valence-corrected chi connectivity index (χ0v) is 11.9. The molecule has 104 valence electrons. The third-order valence-corrected chi connectivity index (χ3v) is 4.60. The highest BCUT2D eigenvalue weighted by Crippen LogP contribution is 2.37. The van der Waals surface area contributed by atoms with Crippen molar-refractivity contribution in [3.63, 3.8) is 0 Å². The zero-order valence-electron chi connectivity index (χ0n) is 11.9. The van der Waals surface area contributed by atoms with Gasteiger partial charge in [-0.25, -0.2) is 4.98 Å². The molecule has 0 aromatic carbocycles. The molecule has 1 aromatic rings. The lowest BCUT2D eigenvalue weighted by atomic mass is 9.71. The van der Waals surface area contributed by atoms with Crippen LogP contribution >= 0.6 is 0 Å². The highest BCUT2D eigenvalue weighted by molar-refractivity contribution is 5.82. The number of aromatic nitrogens is 2. The second-order valence-electron chi connectivity index (χ2n) is 6.80. The van der Waals surface area contributed by atoms with Crippen LogP contribution in [0.4, 0.5) is 0 Å². The Bertz CT molecular complexity index is 477. The minimum absolute atomic E-state index is 0.227. The highest BCUT2D eigenvalue weighted by atomic mass is 16.1. The van der Waals surface area contributed by atoms with E-state index in [1.54, 1.807) is 0 Å². The minimum atomic E-state index is 0.227. The Hall–Kier alpha value is -1.16. The smallest absolute Gasteiger partial charge is 0.137 e. The van der Waals surface area contributed by atoms with Crippen molar-refractivity contribution in [1.82, 2.24) is 14.5 Å². The van der Waals surface area contributed by atoms with Crippen LogP contribution in [0.2, 0.25) is 0 Å². The Labute approximate surface area is 114 Å². The van der Waals surface area contributed by atoms with Gasteiger partial charge < -0.3 is 4.57 Å². The Morgan fingerprint density at radius 2 is 2.26 bits per heavy atom. The summed E-state index contributed by atoms with van der Waals surface area (Å²) in [7, 11) is 0. The van der Waals surface area contributed by atoms with Crippen LogP contribution in [-0.4, -0.2) is 33.3 Å². The van der Waals surface area contributed by atoms with E-state index in [0.29, 0.717) is 11.2 Å². The van der Waals surface area contributed by atoms with E-state index < -0.39 is 0 Å². The maximum absolute atomic E-state index is 12.1. The van der Waals surface area contributed by atoms with Crippen molar-refractivity contribution in [2.24, 2.45) is 11.3 Å². The zero-order chi connectivity index (χ0) is 13.5. The second kappa shape index (κ2) is 4.75. The molecule has 4 nitrogen and oxygen atoms in total. The van der Waals surface area contributed by atoms with Gasteiger partial charge in [-0.15, -0.1) is 0 Å². The van der Waals surface area contributed by atoms with Crippen LogP contribution in [0.15, 0.2) is 12.4 Å². The van der Waals surface area contributed by atoms with Crippen LogP contribution in [0, 0.1) is 11.3 Å². The maximum atomic E-state index is 12.1. The molecule has 0 N–H and O–H groups in total. The van der Waals surface area contributed by atoms with E-state index in [-0.39, 0.29) is 5.92 Å². The van der Waals surface area contributed by atoms with E-state index in [4.69, 9.17) is 0 Å². The Morgan fingerprint density at radius 3 is 3.11 bits per heavy atom. The number of rotatable bonds is 2. The lowest BCUT2D eigenvalue weighted by Gasteiger charge is -2.37. The number of hydrogen-bond donors (Lipinski definition) is 0. The number of carbonyl (C=O) groups excluding carboxylic acids is 1. The molecule has 3 rings (SSSR count). The fourth-order valence-corrected chi connectivity index (χ4v) is 3.41. The van der Waals surface area contributed by atoms with Gasteiger partial charge >= 0.3 is 0 Å². The van der Waals surface area contributed by atoms with Crippen LogP contribution in [0.5, 0.6) is 0 Å². The molecule has 0 spiro atoms. The van der Waals surface area contributed by atoms with Gasteiger partial charge in [-0.2, -0.15) is 0 Å². The van der Waals surface area contributed by atoms with Crippen LogP contribution < -0.4 is 0 Å². The fourth-order valence-electron chi connectivity index (χ4n) is 3.41. The van der Waals surface area contributed by atoms with Crippen molar-refractivity contribution in [3.8, 4) is 0 Å². The second-order valence-corrected chi connectivity index (χ2v) is 6.80. The summed E-state index contributed by atoms with van der Waals surface area (Å²) >= 11 is 0. The highest BCUT2D eigenvalue weighted by Gasteiger charge is 2.34. The Balaban J connectivity index is 1.64.